The summed E-state index contributed by atoms with van der Waals surface area (Å²) in [6, 6.07) is 12.6. The summed E-state index contributed by atoms with van der Waals surface area (Å²) in [5.74, 6) is -2.87. The first-order chi connectivity index (χ1) is 20.7. The Morgan fingerprint density at radius 1 is 1.05 bits per heavy atom. The highest BCUT2D eigenvalue weighted by Crippen LogP contribution is 2.23. The van der Waals surface area contributed by atoms with Gasteiger partial charge in [-0.15, -0.1) is 0 Å². The second kappa shape index (κ2) is 15.3. The zero-order valence-corrected chi connectivity index (χ0v) is 24.5. The maximum absolute atomic E-state index is 13.9. The number of H-pyrrole nitrogens is 1. The molecule has 12 heteroatoms. The fraction of sp³-hybridized carbons (Fsp3) is 0.452. The lowest BCUT2D eigenvalue weighted by Gasteiger charge is -2.29. The van der Waals surface area contributed by atoms with Crippen molar-refractivity contribution >= 4 is 34.5 Å². The number of nitrogens with zero attached hydrogens (tertiary/aromatic N) is 2. The molecule has 1 aromatic heterocycles. The van der Waals surface area contributed by atoms with Crippen LogP contribution < -0.4 is 10.6 Å². The van der Waals surface area contributed by atoms with Gasteiger partial charge in [0, 0.05) is 37.8 Å². The number of hydrogen-bond donors (Lipinski definition) is 4. The third-order valence-corrected chi connectivity index (χ3v) is 7.21. The number of hydrogen-bond acceptors (Lipinski definition) is 8. The largest absolute Gasteiger partial charge is 0.461 e. The van der Waals surface area contributed by atoms with Crippen molar-refractivity contribution < 1.29 is 33.8 Å². The van der Waals surface area contributed by atoms with Crippen molar-refractivity contribution in [1.29, 1.82) is 0 Å². The Morgan fingerprint density at radius 2 is 1.79 bits per heavy atom. The van der Waals surface area contributed by atoms with Gasteiger partial charge in [-0.2, -0.15) is 0 Å². The summed E-state index contributed by atoms with van der Waals surface area (Å²) in [6.45, 7) is 4.69. The van der Waals surface area contributed by atoms with Gasteiger partial charge in [0.2, 0.25) is 17.7 Å². The van der Waals surface area contributed by atoms with Crippen molar-refractivity contribution in [2.75, 3.05) is 32.8 Å². The summed E-state index contributed by atoms with van der Waals surface area (Å²) in [4.78, 5) is 61.0. The van der Waals surface area contributed by atoms with Crippen LogP contribution in [0.3, 0.4) is 0 Å². The number of aliphatic hydroxyl groups excluding tert-OH is 1. The number of benzene rings is 2. The van der Waals surface area contributed by atoms with Crippen molar-refractivity contribution in [3.05, 3.63) is 66.2 Å². The second-order valence-electron chi connectivity index (χ2n) is 10.8. The van der Waals surface area contributed by atoms with Crippen LogP contribution in [-0.2, 0) is 41.5 Å². The molecule has 0 bridgehead atoms. The van der Waals surface area contributed by atoms with Gasteiger partial charge in [0.1, 0.15) is 6.04 Å². The van der Waals surface area contributed by atoms with Crippen LogP contribution in [0.5, 0.6) is 0 Å². The van der Waals surface area contributed by atoms with E-state index in [1.165, 1.54) is 12.5 Å². The quantitative estimate of drug-likeness (QED) is 0.214. The highest BCUT2D eigenvalue weighted by atomic mass is 16.6. The zero-order valence-electron chi connectivity index (χ0n) is 24.5. The predicted octanol–water partition coefficient (Wildman–Crippen LogP) is 1.13. The summed E-state index contributed by atoms with van der Waals surface area (Å²) in [5.41, 5.74) is 1.50. The Labute approximate surface area is 250 Å². The summed E-state index contributed by atoms with van der Waals surface area (Å²) >= 11 is 0. The Balaban J connectivity index is 1.53. The molecule has 0 spiro atoms. The molecule has 1 saturated heterocycles. The van der Waals surface area contributed by atoms with E-state index >= 15 is 0 Å². The third-order valence-electron chi connectivity index (χ3n) is 7.21. The number of aromatic amines is 1. The van der Waals surface area contributed by atoms with E-state index in [0.717, 1.165) is 16.3 Å². The molecule has 0 radical (unpaired) electrons. The van der Waals surface area contributed by atoms with Crippen LogP contribution in [0.25, 0.3) is 10.8 Å². The van der Waals surface area contributed by atoms with Crippen molar-refractivity contribution in [1.82, 2.24) is 25.5 Å². The number of rotatable bonds is 13. The van der Waals surface area contributed by atoms with E-state index in [0.29, 0.717) is 32.0 Å². The van der Waals surface area contributed by atoms with Gasteiger partial charge in [0.05, 0.1) is 38.1 Å². The SMILES string of the molecule is CC(C)OC(=O)[C@H](O)CNC(=O)[C@H](Cc1cnc[nH]1)NC(=O)[C@@H](CC(=O)N1CCOCC1)Cc1cccc2ccccc12. The first-order valence-electron chi connectivity index (χ1n) is 14.5. The van der Waals surface area contributed by atoms with Crippen LogP contribution in [-0.4, -0.2) is 94.8 Å². The molecule has 0 aliphatic carbocycles. The van der Waals surface area contributed by atoms with Gasteiger partial charge in [0.15, 0.2) is 6.10 Å². The number of imidazole rings is 1. The second-order valence-corrected chi connectivity index (χ2v) is 10.8. The number of amides is 3. The van der Waals surface area contributed by atoms with E-state index in [2.05, 4.69) is 20.6 Å². The number of carbonyl (C=O) groups is 4. The lowest BCUT2D eigenvalue weighted by Crippen LogP contribution is -2.52. The Hall–Kier alpha value is -4.29. The Bertz CT molecular complexity index is 1380. The number of esters is 1. The molecule has 1 aliphatic heterocycles. The van der Waals surface area contributed by atoms with Gasteiger partial charge in [0.25, 0.3) is 0 Å². The fourth-order valence-electron chi connectivity index (χ4n) is 4.98. The summed E-state index contributed by atoms with van der Waals surface area (Å²) < 4.78 is 10.4. The van der Waals surface area contributed by atoms with Gasteiger partial charge in [-0.1, -0.05) is 42.5 Å². The minimum absolute atomic E-state index is 0.0484. The molecule has 3 atom stereocenters. The molecular weight excluding hydrogens is 554 g/mol. The molecule has 2 aromatic carbocycles. The van der Waals surface area contributed by atoms with Gasteiger partial charge in [-0.3, -0.25) is 14.4 Å². The molecule has 4 rings (SSSR count). The molecule has 3 amide bonds. The molecule has 1 aliphatic rings. The van der Waals surface area contributed by atoms with Crippen LogP contribution in [0.4, 0.5) is 0 Å². The van der Waals surface area contributed by atoms with E-state index in [1.807, 2.05) is 42.5 Å². The van der Waals surface area contributed by atoms with Crippen molar-refractivity contribution in [3.8, 4) is 0 Å². The van der Waals surface area contributed by atoms with Gasteiger partial charge in [-0.05, 0) is 36.6 Å². The third kappa shape index (κ3) is 9.10. The molecule has 3 aromatic rings. The number of morpholine rings is 1. The van der Waals surface area contributed by atoms with Crippen LogP contribution >= 0.6 is 0 Å². The maximum atomic E-state index is 13.9. The number of ether oxygens (including phenoxy) is 2. The summed E-state index contributed by atoms with van der Waals surface area (Å²) in [6.07, 6.45) is 1.31. The van der Waals surface area contributed by atoms with Crippen molar-refractivity contribution in [2.24, 2.45) is 5.92 Å². The summed E-state index contributed by atoms with van der Waals surface area (Å²) in [7, 11) is 0. The Morgan fingerprint density at radius 3 is 2.51 bits per heavy atom. The van der Waals surface area contributed by atoms with E-state index in [-0.39, 0.29) is 25.2 Å². The number of aliphatic hydroxyl groups is 1. The lowest BCUT2D eigenvalue weighted by atomic mass is 9.91. The van der Waals surface area contributed by atoms with Gasteiger partial charge in [-0.25, -0.2) is 9.78 Å². The van der Waals surface area contributed by atoms with Crippen molar-refractivity contribution in [2.45, 2.75) is 51.4 Å². The first kappa shape index (κ1) is 31.6. The molecule has 0 saturated carbocycles. The molecular formula is C31H39N5O7. The Kier molecular flexibility index (Phi) is 11.2. The highest BCUT2D eigenvalue weighted by Gasteiger charge is 2.31. The van der Waals surface area contributed by atoms with Crippen LogP contribution in [0.1, 0.15) is 31.5 Å². The molecule has 12 nitrogen and oxygen atoms in total. The summed E-state index contributed by atoms with van der Waals surface area (Å²) in [5, 5.41) is 17.5. The van der Waals surface area contributed by atoms with E-state index in [4.69, 9.17) is 9.47 Å². The standard InChI is InChI=1S/C31H39N5O7/c1-20(2)43-31(41)27(37)18-33-30(40)26(16-24-17-32-19-34-24)35-29(39)23(15-28(38)36-10-12-42-13-11-36)14-22-8-5-7-21-6-3-4-9-25(21)22/h3-9,17,19-20,23,26-27,37H,10-16,18H2,1-2H3,(H,32,34)(H,33,40)(H,35,39)/t23-,26+,27-/m1/s1. The maximum Gasteiger partial charge on any atom is 0.337 e. The van der Waals surface area contributed by atoms with Crippen LogP contribution in [0.2, 0.25) is 0 Å². The highest BCUT2D eigenvalue weighted by molar-refractivity contribution is 5.92. The first-order valence-corrected chi connectivity index (χ1v) is 14.5. The molecule has 1 fully saturated rings. The fourth-order valence-corrected chi connectivity index (χ4v) is 4.98. The van der Waals surface area contributed by atoms with Gasteiger partial charge < -0.3 is 35.1 Å². The molecule has 230 valence electrons. The lowest BCUT2D eigenvalue weighted by molar-refractivity contribution is -0.157. The van der Waals surface area contributed by atoms with Crippen LogP contribution in [0.15, 0.2) is 55.0 Å². The zero-order chi connectivity index (χ0) is 30.8. The average Bonchev–Trinajstić information content (AvgIpc) is 3.52. The minimum atomic E-state index is -1.57. The normalized spacial score (nSPS) is 15.5. The van der Waals surface area contributed by atoms with E-state index < -0.39 is 48.5 Å². The van der Waals surface area contributed by atoms with E-state index in [9.17, 15) is 24.3 Å². The average molecular weight is 594 g/mol. The molecule has 4 N–H and O–H groups in total. The number of fused-ring (bicyclic) bond motifs is 1. The smallest absolute Gasteiger partial charge is 0.337 e. The molecule has 43 heavy (non-hydrogen) atoms. The van der Waals surface area contributed by atoms with Gasteiger partial charge >= 0.3 is 5.97 Å². The number of nitrogens with one attached hydrogen (secondary N) is 3. The number of carbonyl (C=O) groups excluding carboxylic acids is 4. The van der Waals surface area contributed by atoms with E-state index in [1.54, 1.807) is 18.7 Å². The van der Waals surface area contributed by atoms with Crippen LogP contribution in [0, 0.1) is 5.92 Å². The topological polar surface area (TPSA) is 163 Å². The monoisotopic (exact) mass is 593 g/mol. The predicted molar refractivity (Wildman–Crippen MR) is 158 cm³/mol. The number of aromatic nitrogens is 2. The molecule has 2 heterocycles. The van der Waals surface area contributed by atoms with Crippen molar-refractivity contribution in [3.63, 3.8) is 0 Å². The minimum Gasteiger partial charge on any atom is -0.461 e. The molecule has 0 unspecified atom stereocenters.